The van der Waals surface area contributed by atoms with E-state index in [0.717, 1.165) is 23.3 Å². The van der Waals surface area contributed by atoms with Gasteiger partial charge in [-0.1, -0.05) is 44.2 Å². The van der Waals surface area contributed by atoms with Gasteiger partial charge in [0.15, 0.2) is 0 Å². The van der Waals surface area contributed by atoms with E-state index in [-0.39, 0.29) is 24.4 Å². The maximum Gasteiger partial charge on any atom is 0.336 e. The molecule has 0 saturated heterocycles. The van der Waals surface area contributed by atoms with Crippen LogP contribution < -0.4 is 0 Å². The van der Waals surface area contributed by atoms with Gasteiger partial charge in [-0.3, -0.25) is 4.79 Å². The summed E-state index contributed by atoms with van der Waals surface area (Å²) in [6.45, 7) is 5.49. The Morgan fingerprint density at radius 1 is 1.13 bits per heavy atom. The molecule has 3 rings (SSSR count). The topological polar surface area (TPSA) is 46.6 Å². The van der Waals surface area contributed by atoms with Crippen LogP contribution >= 0.6 is 0 Å². The summed E-state index contributed by atoms with van der Waals surface area (Å²) in [6.07, 6.45) is 0.0128. The van der Waals surface area contributed by atoms with Gasteiger partial charge in [-0.15, -0.1) is 0 Å². The highest BCUT2D eigenvalue weighted by Crippen LogP contribution is 2.38. The quantitative estimate of drug-likeness (QED) is 0.645. The van der Waals surface area contributed by atoms with Gasteiger partial charge in [0.25, 0.3) is 0 Å². The summed E-state index contributed by atoms with van der Waals surface area (Å²) in [6, 6.07) is 11.3. The molecular weight excluding hydrogens is 388 g/mol. The average molecular weight is 413 g/mol. The minimum atomic E-state index is -0.735. The number of allylic oxidation sites excluding steroid dienone is 1. The molecule has 1 heterocycles. The monoisotopic (exact) mass is 413 g/mol. The number of benzene rings is 2. The van der Waals surface area contributed by atoms with Crippen LogP contribution in [-0.4, -0.2) is 23.9 Å². The highest BCUT2D eigenvalue weighted by Gasteiger charge is 2.37. The van der Waals surface area contributed by atoms with Crippen molar-refractivity contribution in [1.29, 1.82) is 0 Å². The normalized spacial score (nSPS) is 17.0. The van der Waals surface area contributed by atoms with E-state index in [0.29, 0.717) is 17.2 Å². The lowest BCUT2D eigenvalue weighted by Gasteiger charge is -2.34. The van der Waals surface area contributed by atoms with Crippen LogP contribution in [0.25, 0.3) is 0 Å². The van der Waals surface area contributed by atoms with Gasteiger partial charge in [0.05, 0.1) is 19.2 Å². The van der Waals surface area contributed by atoms with Crippen molar-refractivity contribution in [3.63, 3.8) is 0 Å². The summed E-state index contributed by atoms with van der Waals surface area (Å²) in [5.74, 6) is -2.45. The molecule has 0 unspecified atom stereocenters. The van der Waals surface area contributed by atoms with Crippen molar-refractivity contribution < 1.29 is 23.1 Å². The first-order valence-electron chi connectivity index (χ1n) is 9.86. The molecular formula is C24H25F2NO3. The second-order valence-corrected chi connectivity index (χ2v) is 7.75. The fourth-order valence-corrected chi connectivity index (χ4v) is 3.82. The molecule has 1 atom stereocenters. The zero-order valence-electron chi connectivity index (χ0n) is 17.5. The molecule has 0 saturated carbocycles. The van der Waals surface area contributed by atoms with Crippen LogP contribution in [0.5, 0.6) is 0 Å². The van der Waals surface area contributed by atoms with Crippen LogP contribution in [0, 0.1) is 11.6 Å². The number of hydrogen-bond donors (Lipinski definition) is 0. The molecule has 2 aromatic carbocycles. The second kappa shape index (κ2) is 8.78. The van der Waals surface area contributed by atoms with E-state index in [2.05, 4.69) is 13.8 Å². The molecule has 0 N–H and O–H groups in total. The Bertz CT molecular complexity index is 976. The highest BCUT2D eigenvalue weighted by molar-refractivity contribution is 5.95. The lowest BCUT2D eigenvalue weighted by atomic mass is 9.83. The van der Waals surface area contributed by atoms with Gasteiger partial charge >= 0.3 is 5.97 Å². The van der Waals surface area contributed by atoms with E-state index < -0.39 is 23.5 Å². The molecule has 4 nitrogen and oxygen atoms in total. The fourth-order valence-electron chi connectivity index (χ4n) is 3.82. The molecule has 0 aromatic heterocycles. The average Bonchev–Trinajstić information content (AvgIpc) is 2.72. The Morgan fingerprint density at radius 3 is 2.27 bits per heavy atom. The molecule has 1 amide bonds. The number of rotatable bonds is 5. The van der Waals surface area contributed by atoms with E-state index in [9.17, 15) is 18.4 Å². The Morgan fingerprint density at radius 2 is 1.73 bits per heavy atom. The molecule has 0 radical (unpaired) electrons. The Balaban J connectivity index is 2.03. The third-order valence-corrected chi connectivity index (χ3v) is 5.61. The number of carbonyl (C=O) groups is 2. The third-order valence-electron chi connectivity index (χ3n) is 5.61. The SMILES string of the molecule is COC(=O)C1=C(C)N(Cc2c(F)cccc2F)C(=O)C[C@@H]1c1ccc(C(C)C)cc1. The first kappa shape index (κ1) is 21.7. The number of methoxy groups -OCH3 is 1. The van der Waals surface area contributed by atoms with Gasteiger partial charge in [0, 0.05) is 23.6 Å². The van der Waals surface area contributed by atoms with Crippen LogP contribution in [-0.2, 0) is 20.9 Å². The maximum absolute atomic E-state index is 14.1. The highest BCUT2D eigenvalue weighted by atomic mass is 19.1. The van der Waals surface area contributed by atoms with Crippen LogP contribution in [0.4, 0.5) is 8.78 Å². The van der Waals surface area contributed by atoms with Gasteiger partial charge in [-0.2, -0.15) is 0 Å². The van der Waals surface area contributed by atoms with Gasteiger partial charge in [-0.25, -0.2) is 13.6 Å². The standard InChI is InChI=1S/C24H25F2NO3/c1-14(2)16-8-10-17(11-9-16)18-12-22(28)27(15(3)23(18)24(29)30-4)13-19-20(25)6-5-7-21(19)26/h5-11,14,18H,12-13H2,1-4H3/t18-/m1/s1. The van der Waals surface area contributed by atoms with E-state index in [1.165, 1.54) is 18.1 Å². The van der Waals surface area contributed by atoms with Gasteiger partial charge < -0.3 is 9.64 Å². The van der Waals surface area contributed by atoms with Gasteiger partial charge in [0.1, 0.15) is 11.6 Å². The molecule has 0 fully saturated rings. The van der Waals surface area contributed by atoms with Crippen molar-refractivity contribution in [3.05, 3.63) is 82.1 Å². The Hall–Kier alpha value is -3.02. The largest absolute Gasteiger partial charge is 0.466 e. The van der Waals surface area contributed by atoms with Crippen LogP contribution in [0.3, 0.4) is 0 Å². The van der Waals surface area contributed by atoms with Crippen molar-refractivity contribution >= 4 is 11.9 Å². The molecule has 1 aliphatic heterocycles. The van der Waals surface area contributed by atoms with Gasteiger partial charge in [0.2, 0.25) is 5.91 Å². The first-order chi connectivity index (χ1) is 14.2. The summed E-state index contributed by atoms with van der Waals surface area (Å²) in [4.78, 5) is 26.8. The predicted molar refractivity (Wildman–Crippen MR) is 110 cm³/mol. The maximum atomic E-state index is 14.1. The summed E-state index contributed by atoms with van der Waals surface area (Å²) in [5, 5.41) is 0. The number of halogens is 2. The minimum absolute atomic E-state index is 0.0128. The van der Waals surface area contributed by atoms with E-state index in [1.54, 1.807) is 6.92 Å². The van der Waals surface area contributed by atoms with Gasteiger partial charge in [-0.05, 0) is 36.1 Å². The number of carbonyl (C=O) groups excluding carboxylic acids is 2. The Labute approximate surface area is 175 Å². The summed E-state index contributed by atoms with van der Waals surface area (Å²) in [5.41, 5.74) is 2.43. The number of amides is 1. The van der Waals surface area contributed by atoms with Crippen molar-refractivity contribution in [2.45, 2.75) is 45.6 Å². The zero-order chi connectivity index (χ0) is 22.0. The number of esters is 1. The molecule has 2 aromatic rings. The molecule has 0 spiro atoms. The molecule has 0 aliphatic carbocycles. The van der Waals surface area contributed by atoms with Crippen LogP contribution in [0.1, 0.15) is 55.7 Å². The summed E-state index contributed by atoms with van der Waals surface area (Å²) >= 11 is 0. The number of nitrogens with zero attached hydrogens (tertiary/aromatic N) is 1. The number of hydrogen-bond acceptors (Lipinski definition) is 3. The van der Waals surface area contributed by atoms with Crippen LogP contribution in [0.15, 0.2) is 53.7 Å². The van der Waals surface area contributed by atoms with E-state index in [1.807, 2.05) is 24.3 Å². The van der Waals surface area contributed by atoms with Crippen LogP contribution in [0.2, 0.25) is 0 Å². The lowest BCUT2D eigenvalue weighted by Crippen LogP contribution is -2.38. The Kier molecular flexibility index (Phi) is 6.34. The molecule has 30 heavy (non-hydrogen) atoms. The summed E-state index contributed by atoms with van der Waals surface area (Å²) in [7, 11) is 1.28. The molecule has 0 bridgehead atoms. The lowest BCUT2D eigenvalue weighted by molar-refractivity contribution is -0.138. The van der Waals surface area contributed by atoms with Crippen molar-refractivity contribution in [1.82, 2.24) is 4.90 Å². The van der Waals surface area contributed by atoms with E-state index >= 15 is 0 Å². The van der Waals surface area contributed by atoms with Crippen molar-refractivity contribution in [2.75, 3.05) is 7.11 Å². The fraction of sp³-hybridized carbons (Fsp3) is 0.333. The third kappa shape index (κ3) is 4.13. The smallest absolute Gasteiger partial charge is 0.336 e. The zero-order valence-corrected chi connectivity index (χ0v) is 17.5. The van der Waals surface area contributed by atoms with E-state index in [4.69, 9.17) is 4.74 Å². The second-order valence-electron chi connectivity index (χ2n) is 7.75. The molecule has 158 valence electrons. The van der Waals surface area contributed by atoms with Crippen molar-refractivity contribution in [3.8, 4) is 0 Å². The van der Waals surface area contributed by atoms with Crippen molar-refractivity contribution in [2.24, 2.45) is 0 Å². The summed E-state index contributed by atoms with van der Waals surface area (Å²) < 4.78 is 33.3. The molecule has 6 heteroatoms. The minimum Gasteiger partial charge on any atom is -0.466 e. The predicted octanol–water partition coefficient (Wildman–Crippen LogP) is 5.05. The number of ether oxygens (including phenoxy) is 1. The first-order valence-corrected chi connectivity index (χ1v) is 9.86. The molecule has 1 aliphatic rings.